The Kier molecular flexibility index (Phi) is 4.61. The zero-order valence-electron chi connectivity index (χ0n) is 9.00. The largest absolute Gasteiger partial charge is 0.470 e. The van der Waals surface area contributed by atoms with Gasteiger partial charge < -0.3 is 9.84 Å². The van der Waals surface area contributed by atoms with E-state index in [2.05, 4.69) is 22.4 Å². The van der Waals surface area contributed by atoms with Crippen LogP contribution in [-0.4, -0.2) is 21.9 Å². The maximum atomic E-state index is 9.21. The summed E-state index contributed by atoms with van der Waals surface area (Å²) in [7, 11) is 0. The van der Waals surface area contributed by atoms with Crippen molar-refractivity contribution in [1.82, 2.24) is 0 Å². The highest BCUT2D eigenvalue weighted by molar-refractivity contribution is 5.46. The summed E-state index contributed by atoms with van der Waals surface area (Å²) in [4.78, 5) is 3.56. The molecule has 0 saturated carbocycles. The second kappa shape index (κ2) is 6.25. The van der Waals surface area contributed by atoms with Gasteiger partial charge >= 0.3 is 11.8 Å². The number of nitrogens with zero attached hydrogens (tertiary/aromatic N) is 2. The molecule has 1 aromatic carbocycles. The van der Waals surface area contributed by atoms with E-state index in [0.717, 1.165) is 0 Å². The third-order valence-electron chi connectivity index (χ3n) is 1.70. The predicted molar refractivity (Wildman–Crippen MR) is 60.7 cm³/mol. The first-order valence-electron chi connectivity index (χ1n) is 4.79. The number of benzene rings is 1. The van der Waals surface area contributed by atoms with Crippen LogP contribution in [-0.2, 0) is 4.74 Å². The molecule has 0 fully saturated rings. The molecule has 1 aromatic rings. The molecule has 1 rings (SSSR count). The zero-order valence-corrected chi connectivity index (χ0v) is 9.00. The topological polar surface area (TPSA) is 55.9 Å². The van der Waals surface area contributed by atoms with E-state index in [4.69, 9.17) is 4.74 Å². The minimum Gasteiger partial charge on any atom is -0.470 e. The average Bonchev–Trinajstić information content (AvgIpc) is 2.30. The summed E-state index contributed by atoms with van der Waals surface area (Å²) in [5.74, 6) is 1.85. The number of hydrogen-bond donors (Lipinski definition) is 1. The van der Waals surface area contributed by atoms with Gasteiger partial charge in [0, 0.05) is 0 Å². The SMILES string of the molecule is C=C[C@H](C)OC(O)=C=[N+]=Nc1ccccc1. The summed E-state index contributed by atoms with van der Waals surface area (Å²) in [5, 5.41) is 13.0. The van der Waals surface area contributed by atoms with Gasteiger partial charge in [-0.05, 0) is 19.1 Å². The highest BCUT2D eigenvalue weighted by Gasteiger charge is 2.02. The monoisotopic (exact) mass is 217 g/mol. The van der Waals surface area contributed by atoms with Gasteiger partial charge in [-0.15, -0.1) is 0 Å². The molecule has 0 bridgehead atoms. The minimum absolute atomic E-state index is 0.292. The van der Waals surface area contributed by atoms with Crippen LogP contribution in [0.1, 0.15) is 6.92 Å². The normalized spacial score (nSPS) is 10.6. The van der Waals surface area contributed by atoms with Gasteiger partial charge in [-0.1, -0.05) is 30.9 Å². The number of aliphatic hydroxyl groups excluding tert-OH is 1. The Balaban J connectivity index is 2.75. The molecular formula is C12H13N2O2+. The lowest BCUT2D eigenvalue weighted by Crippen LogP contribution is -2.03. The van der Waals surface area contributed by atoms with E-state index in [1.165, 1.54) is 0 Å². The van der Waals surface area contributed by atoms with Gasteiger partial charge in [0.25, 0.3) is 0 Å². The number of ether oxygens (including phenoxy) is 1. The van der Waals surface area contributed by atoms with Crippen molar-refractivity contribution in [3.05, 3.63) is 48.9 Å². The van der Waals surface area contributed by atoms with Crippen molar-refractivity contribution in [2.45, 2.75) is 13.0 Å². The fraction of sp³-hybridized carbons (Fsp3) is 0.167. The molecule has 0 spiro atoms. The molecule has 16 heavy (non-hydrogen) atoms. The molecule has 0 heterocycles. The summed E-state index contributed by atoms with van der Waals surface area (Å²) < 4.78 is 4.93. The van der Waals surface area contributed by atoms with Crippen molar-refractivity contribution >= 4 is 11.6 Å². The Bertz CT molecular complexity index is 441. The van der Waals surface area contributed by atoms with Gasteiger partial charge in [0.1, 0.15) is 21.7 Å². The second-order valence-electron chi connectivity index (χ2n) is 3.01. The van der Waals surface area contributed by atoms with Crippen molar-refractivity contribution in [2.75, 3.05) is 0 Å². The zero-order chi connectivity index (χ0) is 11.8. The minimum atomic E-state index is -0.410. The van der Waals surface area contributed by atoms with Gasteiger partial charge in [-0.25, -0.2) is 0 Å². The van der Waals surface area contributed by atoms with Gasteiger partial charge in [-0.2, -0.15) is 0 Å². The Morgan fingerprint density at radius 2 is 2.25 bits per heavy atom. The molecule has 1 N–H and O–H groups in total. The summed E-state index contributed by atoms with van der Waals surface area (Å²) >= 11 is 0. The molecule has 0 aliphatic rings. The summed E-state index contributed by atoms with van der Waals surface area (Å²) in [6.45, 7) is 5.25. The molecule has 0 aliphatic carbocycles. The van der Waals surface area contributed by atoms with E-state index in [0.29, 0.717) is 5.69 Å². The van der Waals surface area contributed by atoms with E-state index in [9.17, 15) is 5.11 Å². The van der Waals surface area contributed by atoms with Gasteiger partial charge in [0.15, 0.2) is 0 Å². The number of rotatable bonds is 4. The van der Waals surface area contributed by atoms with Crippen molar-refractivity contribution in [1.29, 1.82) is 0 Å². The van der Waals surface area contributed by atoms with Crippen LogP contribution in [0.15, 0.2) is 54.0 Å². The molecule has 4 heteroatoms. The first-order valence-corrected chi connectivity index (χ1v) is 4.79. The molecule has 4 nitrogen and oxygen atoms in total. The van der Waals surface area contributed by atoms with Crippen LogP contribution in [0, 0.1) is 0 Å². The highest BCUT2D eigenvalue weighted by atomic mass is 16.6. The van der Waals surface area contributed by atoms with Crippen LogP contribution in [0.2, 0.25) is 0 Å². The Morgan fingerprint density at radius 1 is 1.56 bits per heavy atom. The predicted octanol–water partition coefficient (Wildman–Crippen LogP) is 2.64. The molecule has 82 valence electrons. The third kappa shape index (κ3) is 4.29. The van der Waals surface area contributed by atoms with Gasteiger partial charge in [-0.3, -0.25) is 0 Å². The molecule has 0 aliphatic heterocycles. The van der Waals surface area contributed by atoms with Crippen LogP contribution < -0.4 is 0 Å². The molecular weight excluding hydrogens is 204 g/mol. The van der Waals surface area contributed by atoms with E-state index in [-0.39, 0.29) is 6.10 Å². The molecule has 0 saturated heterocycles. The van der Waals surface area contributed by atoms with Crippen molar-refractivity contribution in [3.63, 3.8) is 0 Å². The van der Waals surface area contributed by atoms with Crippen molar-refractivity contribution < 1.29 is 14.6 Å². The van der Waals surface area contributed by atoms with Crippen molar-refractivity contribution in [3.8, 4) is 0 Å². The highest BCUT2D eigenvalue weighted by Crippen LogP contribution is 2.07. The van der Waals surface area contributed by atoms with Crippen LogP contribution >= 0.6 is 0 Å². The molecule has 1 atom stereocenters. The quantitative estimate of drug-likeness (QED) is 0.277. The van der Waals surface area contributed by atoms with E-state index in [1.54, 1.807) is 25.1 Å². The Hall–Kier alpha value is -2.28. The maximum Gasteiger partial charge on any atom is 0.441 e. The number of aliphatic hydroxyl groups is 1. The fourth-order valence-corrected chi connectivity index (χ4v) is 0.871. The summed E-state index contributed by atoms with van der Waals surface area (Å²) in [6.07, 6.45) is 1.26. The molecule has 0 amide bonds. The lowest BCUT2D eigenvalue weighted by molar-refractivity contribution is -0.0725. The molecule has 0 radical (unpaired) electrons. The summed E-state index contributed by atoms with van der Waals surface area (Å²) in [5.41, 5.74) is 0.680. The molecule has 0 unspecified atom stereocenters. The smallest absolute Gasteiger partial charge is 0.441 e. The maximum absolute atomic E-state index is 9.21. The first kappa shape index (κ1) is 11.8. The first-order chi connectivity index (χ1) is 7.72. The Labute approximate surface area is 93.9 Å². The van der Waals surface area contributed by atoms with E-state index >= 15 is 0 Å². The lowest BCUT2D eigenvalue weighted by atomic mass is 10.3. The van der Waals surface area contributed by atoms with Crippen LogP contribution in [0.3, 0.4) is 0 Å². The average molecular weight is 217 g/mol. The summed E-state index contributed by atoms with van der Waals surface area (Å²) in [6, 6.07) is 9.14. The van der Waals surface area contributed by atoms with Gasteiger partial charge in [0.2, 0.25) is 0 Å². The van der Waals surface area contributed by atoms with Crippen LogP contribution in [0.25, 0.3) is 0 Å². The Morgan fingerprint density at radius 3 is 2.88 bits per heavy atom. The fourth-order valence-electron chi connectivity index (χ4n) is 0.871. The second-order valence-corrected chi connectivity index (χ2v) is 3.01. The number of hydrogen-bond acceptors (Lipinski definition) is 3. The molecule has 0 aromatic heterocycles. The van der Waals surface area contributed by atoms with Gasteiger partial charge in [0.05, 0.1) is 0 Å². The lowest BCUT2D eigenvalue weighted by Gasteiger charge is -2.02. The third-order valence-corrected chi connectivity index (χ3v) is 1.70. The standard InChI is InChI=1S/C12H12N2O2/c1-3-10(2)16-12(15)9-13-14-11-7-5-4-6-8-11/h3-8,10H,1H2,2H3/p+1/t10-/m0/s1. The van der Waals surface area contributed by atoms with Crippen molar-refractivity contribution in [2.24, 2.45) is 5.11 Å². The van der Waals surface area contributed by atoms with E-state index in [1.807, 2.05) is 18.2 Å². The van der Waals surface area contributed by atoms with Crippen LogP contribution in [0.4, 0.5) is 5.69 Å². The van der Waals surface area contributed by atoms with E-state index < -0.39 is 5.95 Å². The van der Waals surface area contributed by atoms with Crippen LogP contribution in [0.5, 0.6) is 0 Å².